The second kappa shape index (κ2) is 5.76. The van der Waals surface area contributed by atoms with Crippen LogP contribution in [0.3, 0.4) is 0 Å². The van der Waals surface area contributed by atoms with E-state index in [0.29, 0.717) is 12.0 Å². The molecule has 4 rings (SSSR count). The van der Waals surface area contributed by atoms with Crippen LogP contribution in [0.1, 0.15) is 24.5 Å². The Hall–Kier alpha value is -3.02. The predicted octanol–water partition coefficient (Wildman–Crippen LogP) is 3.06. The lowest BCUT2D eigenvalue weighted by atomic mass is 9.87. The molecule has 2 fully saturated rings. The lowest BCUT2D eigenvalue weighted by molar-refractivity contribution is -0.385. The maximum absolute atomic E-state index is 12.9. The lowest BCUT2D eigenvalue weighted by Gasteiger charge is -2.25. The predicted molar refractivity (Wildman–Crippen MR) is 94.0 cm³/mol. The molecule has 2 unspecified atom stereocenters. The molecule has 2 atom stereocenters. The monoisotopic (exact) mass is 350 g/mol. The van der Waals surface area contributed by atoms with E-state index >= 15 is 0 Å². The molecule has 0 radical (unpaired) electrons. The summed E-state index contributed by atoms with van der Waals surface area (Å²) in [5, 5.41) is 11.1. The Morgan fingerprint density at radius 3 is 2.27 bits per heavy atom. The van der Waals surface area contributed by atoms with Gasteiger partial charge in [-0.2, -0.15) is 0 Å². The first-order valence-electron chi connectivity index (χ1n) is 8.64. The fourth-order valence-corrected chi connectivity index (χ4v) is 4.44. The van der Waals surface area contributed by atoms with Crippen LogP contribution < -0.4 is 0 Å². The third-order valence-electron chi connectivity index (χ3n) is 5.76. The van der Waals surface area contributed by atoms with Gasteiger partial charge < -0.3 is 0 Å². The number of fused-ring (bicyclic) bond motifs is 1. The minimum absolute atomic E-state index is 0.0126. The number of imide groups is 1. The van der Waals surface area contributed by atoms with Crippen molar-refractivity contribution in [3.05, 3.63) is 75.8 Å². The largest absolute Gasteiger partial charge is 0.278 e. The van der Waals surface area contributed by atoms with Crippen LogP contribution >= 0.6 is 0 Å². The molecule has 1 aliphatic carbocycles. The number of benzene rings is 2. The number of nitro groups is 1. The standard InChI is InChI=1S/C20H18N2O4/c1-2-20(14-9-6-10-15(11-14)22(25)26)16-17(20)19(24)21(18(16)23)12-13-7-4-3-5-8-13/h3-11,16-17H,2,12H2,1H3. The molecular weight excluding hydrogens is 332 g/mol. The molecule has 0 bridgehead atoms. The molecule has 2 aromatic carbocycles. The van der Waals surface area contributed by atoms with Crippen molar-refractivity contribution in [1.29, 1.82) is 0 Å². The molecule has 1 aliphatic heterocycles. The molecule has 1 heterocycles. The fourth-order valence-electron chi connectivity index (χ4n) is 4.44. The molecule has 132 valence electrons. The first kappa shape index (κ1) is 16.4. The van der Waals surface area contributed by atoms with Gasteiger partial charge in [-0.05, 0) is 17.5 Å². The van der Waals surface area contributed by atoms with Crippen LogP contribution in [0.4, 0.5) is 5.69 Å². The Balaban J connectivity index is 1.64. The van der Waals surface area contributed by atoms with Gasteiger partial charge in [-0.15, -0.1) is 0 Å². The summed E-state index contributed by atoms with van der Waals surface area (Å²) in [6.07, 6.45) is 0.597. The summed E-state index contributed by atoms with van der Waals surface area (Å²) in [4.78, 5) is 37.8. The SMILES string of the molecule is CCC1(c2cccc([N+](=O)[O-])c2)C2C(=O)N(Cc3ccccc3)C(=O)C21. The number of piperidine rings is 1. The average molecular weight is 350 g/mol. The molecular formula is C20H18N2O4. The Bertz CT molecular complexity index is 887. The Kier molecular flexibility index (Phi) is 3.64. The van der Waals surface area contributed by atoms with Gasteiger partial charge in [-0.1, -0.05) is 49.4 Å². The van der Waals surface area contributed by atoms with E-state index < -0.39 is 22.2 Å². The second-order valence-corrected chi connectivity index (χ2v) is 6.90. The Labute approximate surface area is 150 Å². The van der Waals surface area contributed by atoms with E-state index in [4.69, 9.17) is 0 Å². The minimum atomic E-state index is -0.604. The molecule has 0 aromatic heterocycles. The summed E-state index contributed by atoms with van der Waals surface area (Å²) < 4.78 is 0. The number of hydrogen-bond acceptors (Lipinski definition) is 4. The van der Waals surface area contributed by atoms with E-state index in [2.05, 4.69) is 0 Å². The summed E-state index contributed by atoms with van der Waals surface area (Å²) in [7, 11) is 0. The molecule has 6 nitrogen and oxygen atoms in total. The van der Waals surface area contributed by atoms with Crippen LogP contribution in [0.25, 0.3) is 0 Å². The topological polar surface area (TPSA) is 80.5 Å². The molecule has 0 spiro atoms. The number of non-ortho nitro benzene ring substituents is 1. The average Bonchev–Trinajstić information content (AvgIpc) is 3.29. The van der Waals surface area contributed by atoms with Crippen LogP contribution in [0.5, 0.6) is 0 Å². The van der Waals surface area contributed by atoms with E-state index in [0.717, 1.165) is 5.56 Å². The second-order valence-electron chi connectivity index (χ2n) is 6.90. The van der Waals surface area contributed by atoms with Crippen molar-refractivity contribution >= 4 is 17.5 Å². The zero-order chi connectivity index (χ0) is 18.5. The van der Waals surface area contributed by atoms with Crippen molar-refractivity contribution in [2.45, 2.75) is 25.3 Å². The maximum Gasteiger partial charge on any atom is 0.269 e. The van der Waals surface area contributed by atoms with E-state index in [9.17, 15) is 19.7 Å². The molecule has 2 aromatic rings. The molecule has 26 heavy (non-hydrogen) atoms. The normalized spacial score (nSPS) is 26.7. The summed E-state index contributed by atoms with van der Waals surface area (Å²) in [5.41, 5.74) is 1.01. The fraction of sp³-hybridized carbons (Fsp3) is 0.300. The number of rotatable bonds is 5. The molecule has 2 amide bonds. The molecule has 2 aliphatic rings. The summed E-state index contributed by atoms with van der Waals surface area (Å²) in [5.74, 6) is -1.16. The quantitative estimate of drug-likeness (QED) is 0.471. The van der Waals surface area contributed by atoms with Gasteiger partial charge >= 0.3 is 0 Å². The Morgan fingerprint density at radius 2 is 1.69 bits per heavy atom. The number of likely N-dealkylation sites (tertiary alicyclic amines) is 1. The van der Waals surface area contributed by atoms with Crippen molar-refractivity contribution < 1.29 is 14.5 Å². The highest BCUT2D eigenvalue weighted by Gasteiger charge is 2.76. The number of carbonyl (C=O) groups is 2. The molecule has 1 saturated heterocycles. The summed E-state index contributed by atoms with van der Waals surface area (Å²) in [6, 6.07) is 15.8. The Morgan fingerprint density at radius 1 is 1.04 bits per heavy atom. The van der Waals surface area contributed by atoms with Crippen LogP contribution in [0, 0.1) is 22.0 Å². The van der Waals surface area contributed by atoms with Crippen molar-refractivity contribution in [2.24, 2.45) is 11.8 Å². The van der Waals surface area contributed by atoms with Crippen molar-refractivity contribution in [3.8, 4) is 0 Å². The van der Waals surface area contributed by atoms with Crippen LogP contribution in [0.15, 0.2) is 54.6 Å². The first-order valence-corrected chi connectivity index (χ1v) is 8.64. The van der Waals surface area contributed by atoms with Crippen molar-refractivity contribution in [1.82, 2.24) is 4.90 Å². The first-order chi connectivity index (χ1) is 12.5. The van der Waals surface area contributed by atoms with Crippen molar-refractivity contribution in [2.75, 3.05) is 0 Å². The van der Waals surface area contributed by atoms with Crippen LogP contribution in [0.2, 0.25) is 0 Å². The number of nitro benzene ring substituents is 1. The highest BCUT2D eigenvalue weighted by atomic mass is 16.6. The van der Waals surface area contributed by atoms with Crippen LogP contribution in [-0.4, -0.2) is 21.6 Å². The summed E-state index contributed by atoms with van der Waals surface area (Å²) in [6.45, 7) is 2.21. The molecule has 1 saturated carbocycles. The number of hydrogen-bond donors (Lipinski definition) is 0. The highest BCUT2D eigenvalue weighted by Crippen LogP contribution is 2.66. The molecule has 0 N–H and O–H groups in total. The van der Waals surface area contributed by atoms with E-state index in [1.807, 2.05) is 37.3 Å². The van der Waals surface area contributed by atoms with Gasteiger partial charge in [-0.25, -0.2) is 0 Å². The van der Waals surface area contributed by atoms with Gasteiger partial charge in [0.2, 0.25) is 11.8 Å². The third kappa shape index (κ3) is 2.18. The van der Waals surface area contributed by atoms with Gasteiger partial charge in [0.1, 0.15) is 0 Å². The van der Waals surface area contributed by atoms with E-state index in [1.54, 1.807) is 12.1 Å². The minimum Gasteiger partial charge on any atom is -0.278 e. The number of nitrogens with zero attached hydrogens (tertiary/aromatic N) is 2. The lowest BCUT2D eigenvalue weighted by Crippen LogP contribution is -2.38. The summed E-state index contributed by atoms with van der Waals surface area (Å²) >= 11 is 0. The van der Waals surface area contributed by atoms with Gasteiger partial charge in [0.05, 0.1) is 23.3 Å². The zero-order valence-corrected chi connectivity index (χ0v) is 14.3. The van der Waals surface area contributed by atoms with Crippen LogP contribution in [-0.2, 0) is 21.5 Å². The van der Waals surface area contributed by atoms with Gasteiger partial charge in [-0.3, -0.25) is 24.6 Å². The smallest absolute Gasteiger partial charge is 0.269 e. The maximum atomic E-state index is 12.9. The van der Waals surface area contributed by atoms with Crippen molar-refractivity contribution in [3.63, 3.8) is 0 Å². The molecule has 6 heteroatoms. The van der Waals surface area contributed by atoms with E-state index in [-0.39, 0.29) is 24.0 Å². The number of carbonyl (C=O) groups excluding carboxylic acids is 2. The zero-order valence-electron chi connectivity index (χ0n) is 14.3. The van der Waals surface area contributed by atoms with E-state index in [1.165, 1.54) is 17.0 Å². The van der Waals surface area contributed by atoms with Gasteiger partial charge in [0.25, 0.3) is 5.69 Å². The third-order valence-corrected chi connectivity index (χ3v) is 5.76. The number of amides is 2. The highest BCUT2D eigenvalue weighted by molar-refractivity contribution is 6.11. The van der Waals surface area contributed by atoms with Gasteiger partial charge in [0.15, 0.2) is 0 Å². The van der Waals surface area contributed by atoms with Gasteiger partial charge in [0, 0.05) is 17.5 Å².